The zero-order valence-electron chi connectivity index (χ0n) is 11.9. The molecule has 0 saturated heterocycles. The third-order valence-corrected chi connectivity index (χ3v) is 3.75. The van der Waals surface area contributed by atoms with Crippen LogP contribution in [0.1, 0.15) is 62.8 Å². The van der Waals surface area contributed by atoms with Crippen LogP contribution < -0.4 is 5.32 Å². The van der Waals surface area contributed by atoms with E-state index < -0.39 is 0 Å². The second kappa shape index (κ2) is 5.55. The molecule has 0 aromatic carbocycles. The van der Waals surface area contributed by atoms with Crippen molar-refractivity contribution in [3.8, 4) is 0 Å². The van der Waals surface area contributed by atoms with E-state index in [0.29, 0.717) is 17.8 Å². The predicted octanol–water partition coefficient (Wildman–Crippen LogP) is 3.95. The molecular formula is C16H24N2. The van der Waals surface area contributed by atoms with Crippen LogP contribution in [0.4, 0.5) is 0 Å². The van der Waals surface area contributed by atoms with Gasteiger partial charge < -0.3 is 5.32 Å². The average molecular weight is 244 g/mol. The van der Waals surface area contributed by atoms with Crippen LogP contribution >= 0.6 is 0 Å². The molecule has 1 atom stereocenters. The van der Waals surface area contributed by atoms with Crippen molar-refractivity contribution < 1.29 is 0 Å². The van der Waals surface area contributed by atoms with Crippen LogP contribution in [0.2, 0.25) is 0 Å². The van der Waals surface area contributed by atoms with Crippen molar-refractivity contribution in [2.75, 3.05) is 0 Å². The Hall–Kier alpha value is -1.31. The fourth-order valence-corrected chi connectivity index (χ4v) is 2.76. The summed E-state index contributed by atoms with van der Waals surface area (Å²) in [5.41, 5.74) is 4.18. The number of fused-ring (bicyclic) bond motifs is 1. The highest BCUT2D eigenvalue weighted by Gasteiger charge is 2.23. The van der Waals surface area contributed by atoms with Crippen LogP contribution in [-0.2, 0) is 6.54 Å². The van der Waals surface area contributed by atoms with Gasteiger partial charge in [-0.2, -0.15) is 0 Å². The number of pyridine rings is 1. The molecule has 2 heteroatoms. The van der Waals surface area contributed by atoms with Gasteiger partial charge in [-0.1, -0.05) is 33.8 Å². The Labute approximate surface area is 111 Å². The second-order valence-electron chi connectivity index (χ2n) is 5.79. The van der Waals surface area contributed by atoms with Crippen LogP contribution in [0.25, 0.3) is 0 Å². The summed E-state index contributed by atoms with van der Waals surface area (Å²) in [5.74, 6) is 1.72. The Morgan fingerprint density at radius 1 is 1.28 bits per heavy atom. The van der Waals surface area contributed by atoms with Gasteiger partial charge in [0.2, 0.25) is 0 Å². The fourth-order valence-electron chi connectivity index (χ4n) is 2.76. The molecule has 2 rings (SSSR count). The molecular weight excluding hydrogens is 220 g/mol. The van der Waals surface area contributed by atoms with Crippen LogP contribution in [0.5, 0.6) is 0 Å². The van der Waals surface area contributed by atoms with Crippen molar-refractivity contribution in [1.29, 1.82) is 0 Å². The van der Waals surface area contributed by atoms with Crippen LogP contribution in [0, 0.1) is 5.92 Å². The van der Waals surface area contributed by atoms with E-state index in [0.717, 1.165) is 13.0 Å². The first-order valence-corrected chi connectivity index (χ1v) is 6.97. The molecule has 0 spiro atoms. The van der Waals surface area contributed by atoms with Crippen molar-refractivity contribution in [2.45, 2.75) is 52.5 Å². The van der Waals surface area contributed by atoms with Gasteiger partial charge in [0, 0.05) is 18.4 Å². The van der Waals surface area contributed by atoms with Crippen LogP contribution in [0.3, 0.4) is 0 Å². The minimum atomic E-state index is 0.490. The maximum Gasteiger partial charge on any atom is 0.0467 e. The maximum atomic E-state index is 4.64. The molecule has 1 aromatic rings. The summed E-state index contributed by atoms with van der Waals surface area (Å²) in [6.07, 6.45) is 7.40. The van der Waals surface area contributed by atoms with Gasteiger partial charge in [0.15, 0.2) is 0 Å². The monoisotopic (exact) mass is 244 g/mol. The predicted molar refractivity (Wildman–Crippen MR) is 76.5 cm³/mol. The molecule has 0 aliphatic carbocycles. The molecule has 0 radical (unpaired) electrons. The molecule has 0 fully saturated rings. The van der Waals surface area contributed by atoms with Gasteiger partial charge in [0.1, 0.15) is 0 Å². The SMILES string of the molecule is CC(C)c1nccc2c1C(C(C)C)C/C=C\NC2. The fraction of sp³-hybridized carbons (Fsp3) is 0.562. The first kappa shape index (κ1) is 13.1. The summed E-state index contributed by atoms with van der Waals surface area (Å²) in [7, 11) is 0. The molecule has 18 heavy (non-hydrogen) atoms. The Morgan fingerprint density at radius 2 is 2.06 bits per heavy atom. The van der Waals surface area contributed by atoms with Gasteiger partial charge in [-0.15, -0.1) is 0 Å². The second-order valence-corrected chi connectivity index (χ2v) is 5.79. The first-order chi connectivity index (χ1) is 8.61. The lowest BCUT2D eigenvalue weighted by molar-refractivity contribution is 0.485. The quantitative estimate of drug-likeness (QED) is 0.852. The summed E-state index contributed by atoms with van der Waals surface area (Å²) in [6.45, 7) is 10.0. The van der Waals surface area contributed by atoms with Crippen molar-refractivity contribution in [2.24, 2.45) is 5.92 Å². The van der Waals surface area contributed by atoms with Crippen molar-refractivity contribution in [3.63, 3.8) is 0 Å². The van der Waals surface area contributed by atoms with E-state index in [4.69, 9.17) is 0 Å². The highest BCUT2D eigenvalue weighted by Crippen LogP contribution is 2.36. The van der Waals surface area contributed by atoms with E-state index in [2.05, 4.69) is 56.3 Å². The number of hydrogen-bond donors (Lipinski definition) is 1. The lowest BCUT2D eigenvalue weighted by Gasteiger charge is -2.28. The van der Waals surface area contributed by atoms with Gasteiger partial charge in [0.05, 0.1) is 0 Å². The minimum Gasteiger partial charge on any atom is -0.387 e. The van der Waals surface area contributed by atoms with Gasteiger partial charge in [0.25, 0.3) is 0 Å². The Balaban J connectivity index is 2.54. The largest absolute Gasteiger partial charge is 0.387 e. The number of hydrogen-bond acceptors (Lipinski definition) is 2. The Kier molecular flexibility index (Phi) is 4.05. The molecule has 1 N–H and O–H groups in total. The molecule has 1 aliphatic heterocycles. The molecule has 2 heterocycles. The van der Waals surface area contributed by atoms with Crippen molar-refractivity contribution >= 4 is 0 Å². The zero-order valence-corrected chi connectivity index (χ0v) is 11.9. The van der Waals surface area contributed by atoms with Gasteiger partial charge in [-0.25, -0.2) is 0 Å². The number of allylic oxidation sites excluding steroid dienone is 1. The van der Waals surface area contributed by atoms with E-state index in [-0.39, 0.29) is 0 Å². The third kappa shape index (κ3) is 2.58. The molecule has 1 aromatic heterocycles. The lowest BCUT2D eigenvalue weighted by Crippen LogP contribution is -2.19. The lowest BCUT2D eigenvalue weighted by atomic mass is 9.80. The summed E-state index contributed by atoms with van der Waals surface area (Å²) >= 11 is 0. The van der Waals surface area contributed by atoms with Crippen LogP contribution in [0.15, 0.2) is 24.5 Å². The molecule has 1 unspecified atom stereocenters. The van der Waals surface area contributed by atoms with Gasteiger partial charge >= 0.3 is 0 Å². The molecule has 98 valence electrons. The number of nitrogens with zero attached hydrogens (tertiary/aromatic N) is 1. The van der Waals surface area contributed by atoms with Crippen molar-refractivity contribution in [1.82, 2.24) is 10.3 Å². The van der Waals surface area contributed by atoms with E-state index in [1.165, 1.54) is 16.8 Å². The maximum absolute atomic E-state index is 4.64. The molecule has 0 bridgehead atoms. The smallest absolute Gasteiger partial charge is 0.0467 e. The first-order valence-electron chi connectivity index (χ1n) is 6.97. The molecule has 1 aliphatic rings. The zero-order chi connectivity index (χ0) is 13.1. The Morgan fingerprint density at radius 3 is 2.72 bits per heavy atom. The average Bonchev–Trinajstić information content (AvgIpc) is 2.28. The third-order valence-electron chi connectivity index (χ3n) is 3.75. The van der Waals surface area contributed by atoms with Gasteiger partial charge in [-0.3, -0.25) is 4.98 Å². The van der Waals surface area contributed by atoms with E-state index in [1.54, 1.807) is 0 Å². The molecule has 2 nitrogen and oxygen atoms in total. The summed E-state index contributed by atoms with van der Waals surface area (Å²) in [4.78, 5) is 4.64. The van der Waals surface area contributed by atoms with E-state index in [1.807, 2.05) is 6.20 Å². The van der Waals surface area contributed by atoms with E-state index in [9.17, 15) is 0 Å². The summed E-state index contributed by atoms with van der Waals surface area (Å²) in [6, 6.07) is 2.17. The van der Waals surface area contributed by atoms with Crippen molar-refractivity contribution in [3.05, 3.63) is 41.4 Å². The minimum absolute atomic E-state index is 0.490. The van der Waals surface area contributed by atoms with Gasteiger partial charge in [-0.05, 0) is 47.6 Å². The number of aromatic nitrogens is 1. The van der Waals surface area contributed by atoms with E-state index >= 15 is 0 Å². The topological polar surface area (TPSA) is 24.9 Å². The highest BCUT2D eigenvalue weighted by atomic mass is 14.8. The van der Waals surface area contributed by atoms with Crippen LogP contribution in [-0.4, -0.2) is 4.98 Å². The Bertz CT molecular complexity index is 433. The molecule has 0 saturated carbocycles. The summed E-state index contributed by atoms with van der Waals surface area (Å²) < 4.78 is 0. The highest BCUT2D eigenvalue weighted by molar-refractivity contribution is 5.36. The summed E-state index contributed by atoms with van der Waals surface area (Å²) in [5, 5.41) is 3.36. The molecule has 0 amide bonds. The standard InChI is InChI=1S/C16H24N2/c1-11(2)14-6-5-8-17-10-13-7-9-18-16(12(3)4)15(13)14/h5,7-9,11-12,14,17H,6,10H2,1-4H3/b8-5-. The number of nitrogens with one attached hydrogen (secondary N) is 1. The number of rotatable bonds is 2. The normalized spacial score (nSPS) is 21.1.